The lowest BCUT2D eigenvalue weighted by Crippen LogP contribution is -2.34. The molecular weight excluding hydrogens is 318 g/mol. The lowest BCUT2D eigenvalue weighted by atomic mass is 10.1. The van der Waals surface area contributed by atoms with Gasteiger partial charge in [0.05, 0.1) is 6.04 Å². The fraction of sp³-hybridized carbons (Fsp3) is 0.333. The molecule has 1 amide bonds. The number of fused-ring (bicyclic) bond motifs is 1. The Kier molecular flexibility index (Phi) is 4.39. The zero-order valence-electron chi connectivity index (χ0n) is 14.8. The van der Waals surface area contributed by atoms with Gasteiger partial charge in [0.1, 0.15) is 12.4 Å². The van der Waals surface area contributed by atoms with Crippen LogP contribution in [0.2, 0.25) is 0 Å². The van der Waals surface area contributed by atoms with Crippen LogP contribution in [0.15, 0.2) is 35.1 Å². The predicted octanol–water partition coefficient (Wildman–Crippen LogP) is 1.69. The fourth-order valence-corrected chi connectivity index (χ4v) is 2.81. The van der Waals surface area contributed by atoms with Gasteiger partial charge in [-0.05, 0) is 33.3 Å². The van der Waals surface area contributed by atoms with Gasteiger partial charge in [-0.3, -0.25) is 4.79 Å². The summed E-state index contributed by atoms with van der Waals surface area (Å²) in [7, 11) is 0. The van der Waals surface area contributed by atoms with E-state index in [0.29, 0.717) is 11.5 Å². The quantitative estimate of drug-likeness (QED) is 0.784. The maximum atomic E-state index is 12.4. The number of aryl methyl sites for hydroxylation is 3. The summed E-state index contributed by atoms with van der Waals surface area (Å²) in [5.41, 5.74) is 3.09. The number of carbonyl (C=O) groups is 1. The molecule has 3 aromatic rings. The van der Waals surface area contributed by atoms with Gasteiger partial charge in [0, 0.05) is 11.8 Å². The molecule has 0 aliphatic heterocycles. The Morgan fingerprint density at radius 3 is 2.56 bits per heavy atom. The summed E-state index contributed by atoms with van der Waals surface area (Å²) in [6.07, 6.45) is 0. The number of amides is 1. The number of hydrogen-bond donors (Lipinski definition) is 1. The fourth-order valence-electron chi connectivity index (χ4n) is 2.81. The largest absolute Gasteiger partial charge is 0.352 e. The van der Waals surface area contributed by atoms with Crippen molar-refractivity contribution in [3.63, 3.8) is 0 Å². The van der Waals surface area contributed by atoms with E-state index in [2.05, 4.69) is 15.4 Å². The van der Waals surface area contributed by atoms with Crippen LogP contribution in [0.1, 0.15) is 35.6 Å². The van der Waals surface area contributed by atoms with E-state index in [1.807, 2.05) is 45.0 Å². The van der Waals surface area contributed by atoms with E-state index in [-0.39, 0.29) is 24.2 Å². The highest BCUT2D eigenvalue weighted by Gasteiger charge is 2.15. The van der Waals surface area contributed by atoms with Gasteiger partial charge in [-0.2, -0.15) is 0 Å². The molecule has 1 atom stereocenters. The molecule has 0 radical (unpaired) electrons. The Morgan fingerprint density at radius 2 is 1.88 bits per heavy atom. The average molecular weight is 339 g/mol. The van der Waals surface area contributed by atoms with E-state index in [9.17, 15) is 9.59 Å². The first kappa shape index (κ1) is 16.9. The molecule has 0 fully saturated rings. The van der Waals surface area contributed by atoms with Crippen LogP contribution in [-0.2, 0) is 11.3 Å². The normalized spacial score (nSPS) is 12.3. The first-order chi connectivity index (χ1) is 11.8. The number of benzene rings is 1. The van der Waals surface area contributed by atoms with Gasteiger partial charge in [-0.25, -0.2) is 18.9 Å². The standard InChI is InChI=1S/C18H21N5O2/c1-11-5-7-15(8-6-11)13(3)20-17(24)10-22-18(25)23-14(4)19-12(2)9-16(23)21-22/h5-9,13H,10H2,1-4H3,(H,20,24)/t13-/m0/s1. The lowest BCUT2D eigenvalue weighted by Gasteiger charge is -2.14. The van der Waals surface area contributed by atoms with E-state index >= 15 is 0 Å². The lowest BCUT2D eigenvalue weighted by molar-refractivity contribution is -0.122. The molecule has 7 nitrogen and oxygen atoms in total. The van der Waals surface area contributed by atoms with Crippen LogP contribution in [-0.4, -0.2) is 25.1 Å². The van der Waals surface area contributed by atoms with Crippen molar-refractivity contribution in [3.8, 4) is 0 Å². The van der Waals surface area contributed by atoms with Crippen molar-refractivity contribution < 1.29 is 4.79 Å². The molecule has 0 unspecified atom stereocenters. The van der Waals surface area contributed by atoms with Crippen molar-refractivity contribution in [2.24, 2.45) is 0 Å². The molecule has 0 aliphatic rings. The smallest absolute Gasteiger partial charge is 0.348 e. The van der Waals surface area contributed by atoms with Gasteiger partial charge < -0.3 is 5.32 Å². The Morgan fingerprint density at radius 1 is 1.20 bits per heavy atom. The predicted molar refractivity (Wildman–Crippen MR) is 94.5 cm³/mol. The summed E-state index contributed by atoms with van der Waals surface area (Å²) >= 11 is 0. The molecule has 0 spiro atoms. The Labute approximate surface area is 145 Å². The third kappa shape index (κ3) is 3.45. The molecule has 2 aromatic heterocycles. The molecule has 25 heavy (non-hydrogen) atoms. The summed E-state index contributed by atoms with van der Waals surface area (Å²) in [5.74, 6) is 0.292. The van der Waals surface area contributed by atoms with E-state index in [1.165, 1.54) is 9.08 Å². The van der Waals surface area contributed by atoms with E-state index in [1.54, 1.807) is 13.0 Å². The maximum Gasteiger partial charge on any atom is 0.352 e. The third-order valence-corrected chi connectivity index (χ3v) is 4.11. The summed E-state index contributed by atoms with van der Waals surface area (Å²) in [6.45, 7) is 7.38. The highest BCUT2D eigenvalue weighted by Crippen LogP contribution is 2.12. The van der Waals surface area contributed by atoms with Gasteiger partial charge in [-0.15, -0.1) is 5.10 Å². The highest BCUT2D eigenvalue weighted by molar-refractivity contribution is 5.76. The number of nitrogens with zero attached hydrogens (tertiary/aromatic N) is 4. The van der Waals surface area contributed by atoms with Gasteiger partial charge in [0.15, 0.2) is 5.65 Å². The van der Waals surface area contributed by atoms with Crippen molar-refractivity contribution in [2.75, 3.05) is 0 Å². The molecule has 0 bridgehead atoms. The topological polar surface area (TPSA) is 81.3 Å². The zero-order valence-corrected chi connectivity index (χ0v) is 14.8. The second-order valence-electron chi connectivity index (χ2n) is 6.28. The first-order valence-corrected chi connectivity index (χ1v) is 8.15. The van der Waals surface area contributed by atoms with Crippen LogP contribution >= 0.6 is 0 Å². The van der Waals surface area contributed by atoms with Crippen molar-refractivity contribution in [2.45, 2.75) is 40.3 Å². The van der Waals surface area contributed by atoms with Crippen molar-refractivity contribution in [1.29, 1.82) is 0 Å². The molecule has 1 N–H and O–H groups in total. The summed E-state index contributed by atoms with van der Waals surface area (Å²) < 4.78 is 2.57. The van der Waals surface area contributed by atoms with Gasteiger partial charge >= 0.3 is 5.69 Å². The average Bonchev–Trinajstić information content (AvgIpc) is 2.83. The first-order valence-electron chi connectivity index (χ1n) is 8.15. The van der Waals surface area contributed by atoms with Crippen LogP contribution in [0.4, 0.5) is 0 Å². The minimum Gasteiger partial charge on any atom is -0.348 e. The minimum absolute atomic E-state index is 0.130. The van der Waals surface area contributed by atoms with Crippen LogP contribution in [0.5, 0.6) is 0 Å². The number of aromatic nitrogens is 4. The SMILES string of the molecule is Cc1ccc([C@H](C)NC(=O)Cn2nc3cc(C)nc(C)n3c2=O)cc1. The summed E-state index contributed by atoms with van der Waals surface area (Å²) in [4.78, 5) is 29.0. The van der Waals surface area contributed by atoms with Crippen molar-refractivity contribution in [3.05, 3.63) is 63.5 Å². The zero-order chi connectivity index (χ0) is 18.1. The molecule has 0 saturated carbocycles. The Balaban J connectivity index is 1.78. The van der Waals surface area contributed by atoms with Crippen LogP contribution in [0.3, 0.4) is 0 Å². The monoisotopic (exact) mass is 339 g/mol. The maximum absolute atomic E-state index is 12.4. The highest BCUT2D eigenvalue weighted by atomic mass is 16.2. The molecule has 7 heteroatoms. The minimum atomic E-state index is -0.363. The van der Waals surface area contributed by atoms with E-state index < -0.39 is 0 Å². The second-order valence-corrected chi connectivity index (χ2v) is 6.28. The number of nitrogens with one attached hydrogen (secondary N) is 1. The van der Waals surface area contributed by atoms with Crippen LogP contribution in [0.25, 0.3) is 5.65 Å². The molecule has 130 valence electrons. The van der Waals surface area contributed by atoms with E-state index in [4.69, 9.17) is 0 Å². The molecule has 2 heterocycles. The van der Waals surface area contributed by atoms with Crippen LogP contribution in [0, 0.1) is 20.8 Å². The van der Waals surface area contributed by atoms with Crippen molar-refractivity contribution >= 4 is 11.6 Å². The Bertz CT molecular complexity index is 985. The second kappa shape index (κ2) is 6.51. The molecular formula is C18H21N5O2. The summed E-state index contributed by atoms with van der Waals surface area (Å²) in [6, 6.07) is 9.54. The number of rotatable bonds is 4. The molecule has 1 aromatic carbocycles. The Hall–Kier alpha value is -2.96. The van der Waals surface area contributed by atoms with Crippen LogP contribution < -0.4 is 11.0 Å². The molecule has 0 aliphatic carbocycles. The van der Waals surface area contributed by atoms with Crippen molar-refractivity contribution in [1.82, 2.24) is 24.5 Å². The molecule has 0 saturated heterocycles. The summed E-state index contributed by atoms with van der Waals surface area (Å²) in [5, 5.41) is 7.13. The van der Waals surface area contributed by atoms with Gasteiger partial charge in [0.2, 0.25) is 5.91 Å². The van der Waals surface area contributed by atoms with Gasteiger partial charge in [-0.1, -0.05) is 29.8 Å². The third-order valence-electron chi connectivity index (χ3n) is 4.11. The number of carbonyl (C=O) groups excluding carboxylic acids is 1. The van der Waals surface area contributed by atoms with Gasteiger partial charge in [0.25, 0.3) is 0 Å². The van der Waals surface area contributed by atoms with E-state index in [0.717, 1.165) is 16.8 Å². The molecule has 3 rings (SSSR count). The number of hydrogen-bond acceptors (Lipinski definition) is 4.